The normalized spacial score (nSPS) is 15.3. The van der Waals surface area contributed by atoms with Gasteiger partial charge in [-0.1, -0.05) is 0 Å². The van der Waals surface area contributed by atoms with E-state index in [-0.39, 0.29) is 5.91 Å². The molecule has 0 unspecified atom stereocenters. The second-order valence-corrected chi connectivity index (χ2v) is 4.51. The minimum Gasteiger partial charge on any atom is -0.387 e. The van der Waals surface area contributed by atoms with Crippen molar-refractivity contribution in [1.29, 1.82) is 0 Å². The maximum absolute atomic E-state index is 12.0. The Balaban J connectivity index is 1.84. The van der Waals surface area contributed by atoms with E-state index in [1.807, 2.05) is 18.0 Å². The third-order valence-electron chi connectivity index (χ3n) is 3.18. The van der Waals surface area contributed by atoms with Crippen LogP contribution in [0.25, 0.3) is 0 Å². The van der Waals surface area contributed by atoms with E-state index in [1.54, 1.807) is 12.4 Å². The van der Waals surface area contributed by atoms with E-state index in [4.69, 9.17) is 0 Å². The fraction of sp³-hybridized carbons (Fsp3) is 0.538. The summed E-state index contributed by atoms with van der Waals surface area (Å²) >= 11 is 0. The average Bonchev–Trinajstić information content (AvgIpc) is 2.46. The van der Waals surface area contributed by atoms with Crippen molar-refractivity contribution < 1.29 is 4.79 Å². The molecule has 98 valence electrons. The van der Waals surface area contributed by atoms with Crippen molar-refractivity contribution in [1.82, 2.24) is 9.88 Å². The van der Waals surface area contributed by atoms with Crippen LogP contribution in [0.5, 0.6) is 0 Å². The Kier molecular flexibility index (Phi) is 4.39. The molecule has 0 atom stereocenters. The maximum Gasteiger partial charge on any atom is 0.241 e. The van der Waals surface area contributed by atoms with E-state index in [2.05, 4.69) is 15.6 Å². The van der Waals surface area contributed by atoms with Crippen molar-refractivity contribution in [2.75, 3.05) is 37.3 Å². The van der Waals surface area contributed by atoms with Crippen LogP contribution in [-0.2, 0) is 4.79 Å². The number of likely N-dealkylation sites (tertiary alicyclic amines) is 1. The SMILES string of the molecule is CNc1cncc(NCC(=O)N2CCCCC2)c1. The van der Waals surface area contributed by atoms with Crippen molar-refractivity contribution in [2.45, 2.75) is 19.3 Å². The summed E-state index contributed by atoms with van der Waals surface area (Å²) in [7, 11) is 1.85. The molecule has 5 heteroatoms. The van der Waals surface area contributed by atoms with Crippen molar-refractivity contribution in [3.05, 3.63) is 18.5 Å². The summed E-state index contributed by atoms with van der Waals surface area (Å²) in [5.41, 5.74) is 1.80. The van der Waals surface area contributed by atoms with Crippen LogP contribution in [-0.4, -0.2) is 42.5 Å². The fourth-order valence-electron chi connectivity index (χ4n) is 2.11. The molecule has 1 fully saturated rings. The zero-order valence-corrected chi connectivity index (χ0v) is 10.8. The van der Waals surface area contributed by atoms with Gasteiger partial charge in [0.05, 0.1) is 30.3 Å². The maximum atomic E-state index is 12.0. The number of aromatic nitrogens is 1. The van der Waals surface area contributed by atoms with E-state index in [1.165, 1.54) is 6.42 Å². The first-order chi connectivity index (χ1) is 8.79. The lowest BCUT2D eigenvalue weighted by molar-refractivity contribution is -0.130. The van der Waals surface area contributed by atoms with Gasteiger partial charge in [0.2, 0.25) is 5.91 Å². The molecule has 2 N–H and O–H groups in total. The van der Waals surface area contributed by atoms with Crippen LogP contribution in [0.2, 0.25) is 0 Å². The van der Waals surface area contributed by atoms with E-state index in [0.717, 1.165) is 37.3 Å². The van der Waals surface area contributed by atoms with Crippen LogP contribution in [0.3, 0.4) is 0 Å². The van der Waals surface area contributed by atoms with Gasteiger partial charge in [-0.2, -0.15) is 0 Å². The van der Waals surface area contributed by atoms with E-state index >= 15 is 0 Å². The molecule has 1 aliphatic heterocycles. The van der Waals surface area contributed by atoms with Crippen LogP contribution in [0, 0.1) is 0 Å². The van der Waals surface area contributed by atoms with Crippen LogP contribution >= 0.6 is 0 Å². The monoisotopic (exact) mass is 248 g/mol. The van der Waals surface area contributed by atoms with Crippen LogP contribution in [0.15, 0.2) is 18.5 Å². The molecule has 1 aromatic rings. The average molecular weight is 248 g/mol. The first-order valence-corrected chi connectivity index (χ1v) is 6.44. The molecule has 2 rings (SSSR count). The Morgan fingerprint density at radius 1 is 1.28 bits per heavy atom. The number of nitrogens with one attached hydrogen (secondary N) is 2. The van der Waals surface area contributed by atoms with Crippen LogP contribution in [0.1, 0.15) is 19.3 Å². The lowest BCUT2D eigenvalue weighted by Gasteiger charge is -2.26. The highest BCUT2D eigenvalue weighted by molar-refractivity contribution is 5.81. The molecule has 1 amide bonds. The summed E-state index contributed by atoms with van der Waals surface area (Å²) in [5, 5.41) is 6.14. The van der Waals surface area contributed by atoms with E-state index in [9.17, 15) is 4.79 Å². The number of carbonyl (C=O) groups excluding carboxylic acids is 1. The molecular weight excluding hydrogens is 228 g/mol. The number of pyridine rings is 1. The van der Waals surface area contributed by atoms with Gasteiger partial charge in [0, 0.05) is 20.1 Å². The molecule has 0 aliphatic carbocycles. The molecule has 0 saturated carbocycles. The molecule has 5 nitrogen and oxygen atoms in total. The molecule has 2 heterocycles. The van der Waals surface area contributed by atoms with Gasteiger partial charge in [-0.25, -0.2) is 0 Å². The van der Waals surface area contributed by atoms with Gasteiger partial charge in [0.25, 0.3) is 0 Å². The Labute approximate surface area is 108 Å². The Hall–Kier alpha value is -1.78. The van der Waals surface area contributed by atoms with Gasteiger partial charge in [-0.05, 0) is 25.3 Å². The molecule has 0 bridgehead atoms. The number of amides is 1. The van der Waals surface area contributed by atoms with Gasteiger partial charge in [0.15, 0.2) is 0 Å². The Morgan fingerprint density at radius 2 is 2.00 bits per heavy atom. The topological polar surface area (TPSA) is 57.3 Å². The van der Waals surface area contributed by atoms with Crippen LogP contribution < -0.4 is 10.6 Å². The smallest absolute Gasteiger partial charge is 0.241 e. The Bertz CT molecular complexity index is 402. The largest absolute Gasteiger partial charge is 0.387 e. The third-order valence-corrected chi connectivity index (χ3v) is 3.18. The first-order valence-electron chi connectivity index (χ1n) is 6.44. The van der Waals surface area contributed by atoms with Gasteiger partial charge >= 0.3 is 0 Å². The molecule has 1 aliphatic rings. The minimum atomic E-state index is 0.171. The Morgan fingerprint density at radius 3 is 2.72 bits per heavy atom. The van der Waals surface area contributed by atoms with Crippen LogP contribution in [0.4, 0.5) is 11.4 Å². The quantitative estimate of drug-likeness (QED) is 0.848. The highest BCUT2D eigenvalue weighted by Gasteiger charge is 2.15. The summed E-state index contributed by atoms with van der Waals surface area (Å²) < 4.78 is 0. The second-order valence-electron chi connectivity index (χ2n) is 4.51. The third kappa shape index (κ3) is 3.35. The minimum absolute atomic E-state index is 0.171. The summed E-state index contributed by atoms with van der Waals surface area (Å²) in [5.74, 6) is 0.171. The highest BCUT2D eigenvalue weighted by Crippen LogP contribution is 2.13. The van der Waals surface area contributed by atoms with Gasteiger partial charge in [0.1, 0.15) is 0 Å². The zero-order valence-electron chi connectivity index (χ0n) is 10.8. The van der Waals surface area contributed by atoms with Gasteiger partial charge in [-0.15, -0.1) is 0 Å². The van der Waals surface area contributed by atoms with Crippen molar-refractivity contribution in [3.63, 3.8) is 0 Å². The first kappa shape index (κ1) is 12.7. The molecular formula is C13H20N4O. The summed E-state index contributed by atoms with van der Waals surface area (Å²) in [4.78, 5) is 18.0. The highest BCUT2D eigenvalue weighted by atomic mass is 16.2. The molecule has 0 aromatic carbocycles. The summed E-state index contributed by atoms with van der Waals surface area (Å²) in [6.45, 7) is 2.14. The molecule has 0 radical (unpaired) electrons. The van der Waals surface area contributed by atoms with Crippen molar-refractivity contribution >= 4 is 17.3 Å². The standard InChI is InChI=1S/C13H20N4O/c1-14-11-7-12(9-15-8-11)16-10-13(18)17-5-3-2-4-6-17/h7-9,14,16H,2-6,10H2,1H3. The number of rotatable bonds is 4. The molecule has 0 spiro atoms. The van der Waals surface area contributed by atoms with Crippen molar-refractivity contribution in [2.24, 2.45) is 0 Å². The van der Waals surface area contributed by atoms with Gasteiger partial charge in [-0.3, -0.25) is 9.78 Å². The predicted octanol–water partition coefficient (Wildman–Crippen LogP) is 1.55. The fourth-order valence-corrected chi connectivity index (χ4v) is 2.11. The zero-order chi connectivity index (χ0) is 12.8. The molecule has 18 heavy (non-hydrogen) atoms. The van der Waals surface area contributed by atoms with Gasteiger partial charge < -0.3 is 15.5 Å². The number of piperidine rings is 1. The van der Waals surface area contributed by atoms with E-state index in [0.29, 0.717) is 6.54 Å². The number of hydrogen-bond donors (Lipinski definition) is 2. The summed E-state index contributed by atoms with van der Waals surface area (Å²) in [6, 6.07) is 1.94. The number of carbonyl (C=O) groups is 1. The second kappa shape index (κ2) is 6.23. The number of nitrogens with zero attached hydrogens (tertiary/aromatic N) is 2. The molecule has 1 saturated heterocycles. The summed E-state index contributed by atoms with van der Waals surface area (Å²) in [6.07, 6.45) is 6.97. The lowest BCUT2D eigenvalue weighted by Crippen LogP contribution is -2.39. The number of hydrogen-bond acceptors (Lipinski definition) is 4. The van der Waals surface area contributed by atoms with Crippen molar-refractivity contribution in [3.8, 4) is 0 Å². The van der Waals surface area contributed by atoms with E-state index < -0.39 is 0 Å². The predicted molar refractivity (Wildman–Crippen MR) is 72.7 cm³/mol. The number of anilines is 2. The lowest BCUT2D eigenvalue weighted by atomic mass is 10.1. The molecule has 1 aromatic heterocycles.